The van der Waals surface area contributed by atoms with Crippen molar-refractivity contribution in [2.75, 3.05) is 7.11 Å². The Kier molecular flexibility index (Phi) is 5.17. The zero-order chi connectivity index (χ0) is 16.4. The van der Waals surface area contributed by atoms with E-state index in [1.807, 2.05) is 0 Å². The Morgan fingerprint density at radius 3 is 2.83 bits per heavy atom. The van der Waals surface area contributed by atoms with Gasteiger partial charge in [-0.05, 0) is 52.4 Å². The maximum absolute atomic E-state index is 5.14. The number of hydrogen-bond acceptors (Lipinski definition) is 4. The number of fused-ring (bicyclic) bond motifs is 1. The summed E-state index contributed by atoms with van der Waals surface area (Å²) in [5, 5.41) is 8.43. The molecule has 1 aromatic heterocycles. The molecule has 0 saturated heterocycles. The van der Waals surface area contributed by atoms with Crippen LogP contribution in [0.15, 0.2) is 11.1 Å². The molecule has 5 heteroatoms. The number of aromatic nitrogens is 3. The van der Waals surface area contributed by atoms with Crippen LogP contribution in [-0.4, -0.2) is 34.0 Å². The topological polar surface area (TPSA) is 52.0 Å². The molecule has 5 nitrogen and oxygen atoms in total. The highest BCUT2D eigenvalue weighted by Gasteiger charge is 2.27. The first-order valence-corrected chi connectivity index (χ1v) is 8.89. The van der Waals surface area contributed by atoms with E-state index in [0.717, 1.165) is 37.0 Å². The number of rotatable bonds is 5. The number of nitrogens with zero attached hydrogens (tertiary/aromatic N) is 3. The first-order valence-electron chi connectivity index (χ1n) is 8.89. The van der Waals surface area contributed by atoms with Crippen molar-refractivity contribution in [3.63, 3.8) is 0 Å². The maximum atomic E-state index is 5.14. The lowest BCUT2D eigenvalue weighted by molar-refractivity contribution is 0.177. The number of methoxy groups -OCH3 is 1. The van der Waals surface area contributed by atoms with Crippen LogP contribution in [0.3, 0.4) is 0 Å². The van der Waals surface area contributed by atoms with Gasteiger partial charge in [-0.1, -0.05) is 11.1 Å². The molecular formula is C18H30N4O. The summed E-state index contributed by atoms with van der Waals surface area (Å²) in [7, 11) is 1.69. The molecule has 0 amide bonds. The molecule has 1 aliphatic carbocycles. The molecule has 0 radical (unpaired) electrons. The van der Waals surface area contributed by atoms with Gasteiger partial charge < -0.3 is 10.1 Å². The highest BCUT2D eigenvalue weighted by Crippen LogP contribution is 2.31. The fourth-order valence-corrected chi connectivity index (χ4v) is 3.91. The average Bonchev–Trinajstić information content (AvgIpc) is 2.92. The lowest BCUT2D eigenvalue weighted by atomic mass is 9.81. The number of allylic oxidation sites excluding steroid dienone is 2. The normalized spacial score (nSPS) is 26.3. The molecule has 128 valence electrons. The second-order valence-corrected chi connectivity index (χ2v) is 7.31. The first kappa shape index (κ1) is 16.7. The molecule has 1 aliphatic heterocycles. The van der Waals surface area contributed by atoms with E-state index in [1.165, 1.54) is 19.3 Å². The number of ether oxygens (including phenoxy) is 1. The summed E-state index contributed by atoms with van der Waals surface area (Å²) in [6.07, 6.45) is 5.98. The van der Waals surface area contributed by atoms with E-state index in [-0.39, 0.29) is 0 Å². The van der Waals surface area contributed by atoms with E-state index in [2.05, 4.69) is 40.9 Å². The van der Waals surface area contributed by atoms with Gasteiger partial charge in [-0.25, -0.2) is 9.67 Å². The molecule has 0 fully saturated rings. The highest BCUT2D eigenvalue weighted by atomic mass is 16.5. The number of hydrogen-bond donors (Lipinski definition) is 1. The molecule has 0 bridgehead atoms. The van der Waals surface area contributed by atoms with Gasteiger partial charge in [0.25, 0.3) is 0 Å². The third kappa shape index (κ3) is 3.83. The van der Waals surface area contributed by atoms with Crippen LogP contribution in [0.2, 0.25) is 0 Å². The minimum atomic E-state index is 0.502. The standard InChI is InChI=1S/C18H30N4O/c1-12-5-6-15(9-13(12)2)14(3)19-16-7-8-18-20-17(11-23-4)21-22(18)10-16/h14-16,19H,5-11H2,1-4H3/t14-,15+,16+/m0/s1. The van der Waals surface area contributed by atoms with E-state index >= 15 is 0 Å². The monoisotopic (exact) mass is 318 g/mol. The Morgan fingerprint density at radius 1 is 1.26 bits per heavy atom. The molecule has 2 heterocycles. The molecule has 1 N–H and O–H groups in total. The van der Waals surface area contributed by atoms with Crippen molar-refractivity contribution < 1.29 is 4.74 Å². The van der Waals surface area contributed by atoms with Crippen molar-refractivity contribution in [2.24, 2.45) is 5.92 Å². The van der Waals surface area contributed by atoms with Crippen LogP contribution in [0, 0.1) is 5.92 Å². The fourth-order valence-electron chi connectivity index (χ4n) is 3.91. The Morgan fingerprint density at radius 2 is 2.09 bits per heavy atom. The van der Waals surface area contributed by atoms with E-state index < -0.39 is 0 Å². The molecule has 1 aromatic rings. The van der Waals surface area contributed by atoms with E-state index in [9.17, 15) is 0 Å². The summed E-state index contributed by atoms with van der Waals surface area (Å²) >= 11 is 0. The van der Waals surface area contributed by atoms with Gasteiger partial charge in [0.15, 0.2) is 5.82 Å². The molecule has 3 atom stereocenters. The second-order valence-electron chi connectivity index (χ2n) is 7.31. The van der Waals surface area contributed by atoms with Gasteiger partial charge in [0.2, 0.25) is 0 Å². The van der Waals surface area contributed by atoms with Crippen molar-refractivity contribution in [3.8, 4) is 0 Å². The van der Waals surface area contributed by atoms with Crippen LogP contribution in [0.25, 0.3) is 0 Å². The van der Waals surface area contributed by atoms with E-state index in [1.54, 1.807) is 18.3 Å². The summed E-state index contributed by atoms with van der Waals surface area (Å²) in [5.74, 6) is 2.68. The van der Waals surface area contributed by atoms with Crippen molar-refractivity contribution in [1.82, 2.24) is 20.1 Å². The zero-order valence-electron chi connectivity index (χ0n) is 14.9. The second kappa shape index (κ2) is 7.14. The van der Waals surface area contributed by atoms with Gasteiger partial charge in [-0.15, -0.1) is 0 Å². The SMILES string of the molecule is COCc1nc2n(n1)C[C@H](N[C@@H](C)[C@@H]1CCC(C)=C(C)C1)CC2. The molecule has 2 aliphatic rings. The molecular weight excluding hydrogens is 288 g/mol. The van der Waals surface area contributed by atoms with E-state index in [4.69, 9.17) is 4.74 Å². The first-order chi connectivity index (χ1) is 11.1. The van der Waals surface area contributed by atoms with Gasteiger partial charge in [-0.2, -0.15) is 5.10 Å². The summed E-state index contributed by atoms with van der Waals surface area (Å²) in [4.78, 5) is 4.56. The Labute approximate surface area is 139 Å². The Balaban J connectivity index is 1.57. The summed E-state index contributed by atoms with van der Waals surface area (Å²) in [5.41, 5.74) is 3.20. The zero-order valence-corrected chi connectivity index (χ0v) is 14.9. The molecule has 23 heavy (non-hydrogen) atoms. The molecule has 3 rings (SSSR count). The maximum Gasteiger partial charge on any atom is 0.176 e. The molecule has 0 unspecified atom stereocenters. The smallest absolute Gasteiger partial charge is 0.176 e. The van der Waals surface area contributed by atoms with Gasteiger partial charge in [0.05, 0.1) is 6.54 Å². The van der Waals surface area contributed by atoms with Crippen molar-refractivity contribution >= 4 is 0 Å². The third-order valence-electron chi connectivity index (χ3n) is 5.57. The lowest BCUT2D eigenvalue weighted by Crippen LogP contribution is -2.45. The lowest BCUT2D eigenvalue weighted by Gasteiger charge is -2.34. The van der Waals surface area contributed by atoms with Crippen LogP contribution in [-0.2, 0) is 24.3 Å². The predicted molar refractivity (Wildman–Crippen MR) is 91.2 cm³/mol. The minimum Gasteiger partial charge on any atom is -0.377 e. The Bertz CT molecular complexity index is 578. The van der Waals surface area contributed by atoms with Crippen LogP contribution < -0.4 is 5.32 Å². The van der Waals surface area contributed by atoms with Gasteiger partial charge in [0, 0.05) is 25.6 Å². The van der Waals surface area contributed by atoms with Crippen molar-refractivity contribution in [2.45, 2.75) is 78.1 Å². The third-order valence-corrected chi connectivity index (χ3v) is 5.57. The minimum absolute atomic E-state index is 0.502. The van der Waals surface area contributed by atoms with Crippen LogP contribution in [0.1, 0.15) is 58.1 Å². The summed E-state index contributed by atoms with van der Waals surface area (Å²) in [6.45, 7) is 8.37. The van der Waals surface area contributed by atoms with E-state index in [0.29, 0.717) is 18.7 Å². The summed E-state index contributed by atoms with van der Waals surface area (Å²) in [6, 6.07) is 1.06. The number of nitrogens with one attached hydrogen (secondary N) is 1. The number of aryl methyl sites for hydroxylation is 1. The molecule has 0 saturated carbocycles. The quantitative estimate of drug-likeness (QED) is 0.848. The van der Waals surface area contributed by atoms with Crippen LogP contribution in [0.5, 0.6) is 0 Å². The average molecular weight is 318 g/mol. The summed E-state index contributed by atoms with van der Waals surface area (Å²) < 4.78 is 7.20. The van der Waals surface area contributed by atoms with Crippen LogP contribution in [0.4, 0.5) is 0 Å². The van der Waals surface area contributed by atoms with Crippen LogP contribution >= 0.6 is 0 Å². The van der Waals surface area contributed by atoms with Crippen molar-refractivity contribution in [1.29, 1.82) is 0 Å². The highest BCUT2D eigenvalue weighted by molar-refractivity contribution is 5.14. The molecule has 0 aromatic carbocycles. The van der Waals surface area contributed by atoms with Gasteiger partial charge in [0.1, 0.15) is 12.4 Å². The largest absolute Gasteiger partial charge is 0.377 e. The molecule has 0 spiro atoms. The Hall–Kier alpha value is -1.20. The predicted octanol–water partition coefficient (Wildman–Crippen LogP) is 2.85. The van der Waals surface area contributed by atoms with Gasteiger partial charge in [-0.3, -0.25) is 0 Å². The van der Waals surface area contributed by atoms with Gasteiger partial charge >= 0.3 is 0 Å². The van der Waals surface area contributed by atoms with Crippen molar-refractivity contribution in [3.05, 3.63) is 22.8 Å². The fraction of sp³-hybridized carbons (Fsp3) is 0.778.